The van der Waals surface area contributed by atoms with Crippen LogP contribution in [-0.4, -0.2) is 36.0 Å². The lowest BCUT2D eigenvalue weighted by Gasteiger charge is -2.25. The van der Waals surface area contributed by atoms with Crippen LogP contribution in [0.4, 0.5) is 0 Å². The molecule has 0 aliphatic carbocycles. The van der Waals surface area contributed by atoms with E-state index in [2.05, 4.69) is 10.6 Å². The molecule has 0 radical (unpaired) electrons. The second kappa shape index (κ2) is 8.98. The Morgan fingerprint density at radius 2 is 1.52 bits per heavy atom. The largest absolute Gasteiger partial charge is 0.481 e. The Morgan fingerprint density at radius 3 is 2.07 bits per heavy atom. The quantitative estimate of drug-likeness (QED) is 0.667. The van der Waals surface area contributed by atoms with Crippen molar-refractivity contribution in [2.75, 3.05) is 13.1 Å². The number of nitrogens with one attached hydrogen (secondary N) is 2. The molecule has 2 aromatic carbocycles. The Morgan fingerprint density at radius 1 is 0.926 bits per heavy atom. The third kappa shape index (κ3) is 4.94. The third-order valence-corrected chi connectivity index (χ3v) is 4.41. The van der Waals surface area contributed by atoms with Gasteiger partial charge < -0.3 is 15.7 Å². The summed E-state index contributed by atoms with van der Waals surface area (Å²) in [5.41, 5.74) is 0.0399. The van der Waals surface area contributed by atoms with E-state index in [9.17, 15) is 19.5 Å². The normalized spacial score (nSPS) is 12.7. The van der Waals surface area contributed by atoms with Crippen molar-refractivity contribution >= 4 is 17.8 Å². The number of carboxylic acid groups (broad SMARTS) is 1. The van der Waals surface area contributed by atoms with E-state index >= 15 is 0 Å². The maximum absolute atomic E-state index is 12.5. The molecule has 142 valence electrons. The van der Waals surface area contributed by atoms with Crippen LogP contribution >= 0.6 is 0 Å². The van der Waals surface area contributed by atoms with Crippen molar-refractivity contribution in [3.8, 4) is 0 Å². The lowest BCUT2D eigenvalue weighted by molar-refractivity contribution is -0.142. The number of carbonyl (C=O) groups excluding carboxylic acids is 2. The minimum absolute atomic E-state index is 0.0720. The highest BCUT2D eigenvalue weighted by Gasteiger charge is 2.35. The van der Waals surface area contributed by atoms with E-state index in [0.717, 1.165) is 6.42 Å². The summed E-state index contributed by atoms with van der Waals surface area (Å²) >= 11 is 0. The minimum atomic E-state index is -1.26. The zero-order valence-electron chi connectivity index (χ0n) is 15.5. The first kappa shape index (κ1) is 20.2. The highest BCUT2D eigenvalue weighted by molar-refractivity contribution is 5.99. The van der Waals surface area contributed by atoms with Crippen molar-refractivity contribution in [2.24, 2.45) is 0 Å². The second-order valence-corrected chi connectivity index (χ2v) is 6.52. The van der Waals surface area contributed by atoms with E-state index in [-0.39, 0.29) is 12.5 Å². The summed E-state index contributed by atoms with van der Waals surface area (Å²) in [5, 5.41) is 15.1. The van der Waals surface area contributed by atoms with Gasteiger partial charge in [0, 0.05) is 24.2 Å². The SMILES string of the molecule is CCCNC(=O)c1cccc(C(=O)NCC(C)(C(=O)O)c2ccccc2)c1. The number of amides is 2. The highest BCUT2D eigenvalue weighted by atomic mass is 16.4. The van der Waals surface area contributed by atoms with Gasteiger partial charge in [-0.25, -0.2) is 0 Å². The number of benzene rings is 2. The summed E-state index contributed by atoms with van der Waals surface area (Å²) in [4.78, 5) is 36.4. The van der Waals surface area contributed by atoms with Gasteiger partial charge in [0.05, 0.1) is 0 Å². The summed E-state index contributed by atoms with van der Waals surface area (Å²) in [7, 11) is 0. The molecule has 0 saturated carbocycles. The predicted octanol–water partition coefficient (Wildman–Crippen LogP) is 2.60. The van der Waals surface area contributed by atoms with Crippen molar-refractivity contribution in [2.45, 2.75) is 25.7 Å². The summed E-state index contributed by atoms with van der Waals surface area (Å²) in [5.74, 6) is -1.70. The van der Waals surface area contributed by atoms with Gasteiger partial charge in [-0.2, -0.15) is 0 Å². The van der Waals surface area contributed by atoms with E-state index in [1.807, 2.05) is 6.92 Å². The van der Waals surface area contributed by atoms with Crippen molar-refractivity contribution in [1.82, 2.24) is 10.6 Å². The van der Waals surface area contributed by atoms with E-state index in [4.69, 9.17) is 0 Å². The van der Waals surface area contributed by atoms with E-state index in [0.29, 0.717) is 23.2 Å². The molecule has 0 spiro atoms. The number of aliphatic carboxylic acids is 1. The number of carboxylic acids is 1. The first-order chi connectivity index (χ1) is 12.9. The van der Waals surface area contributed by atoms with Gasteiger partial charge >= 0.3 is 5.97 Å². The fourth-order valence-electron chi connectivity index (χ4n) is 2.61. The Hall–Kier alpha value is -3.15. The number of carbonyl (C=O) groups is 3. The molecule has 2 amide bonds. The van der Waals surface area contributed by atoms with Crippen LogP contribution in [0.25, 0.3) is 0 Å². The summed E-state index contributed by atoms with van der Waals surface area (Å²) < 4.78 is 0. The molecule has 0 aromatic heterocycles. The molecule has 0 fully saturated rings. The zero-order valence-corrected chi connectivity index (χ0v) is 15.5. The molecule has 0 heterocycles. The Bertz CT molecular complexity index is 820. The Balaban J connectivity index is 2.12. The predicted molar refractivity (Wildman–Crippen MR) is 103 cm³/mol. The number of rotatable bonds is 8. The lowest BCUT2D eigenvalue weighted by Crippen LogP contribution is -2.44. The maximum Gasteiger partial charge on any atom is 0.315 e. The minimum Gasteiger partial charge on any atom is -0.481 e. The first-order valence-corrected chi connectivity index (χ1v) is 8.84. The van der Waals surface area contributed by atoms with Crippen LogP contribution in [0.1, 0.15) is 46.5 Å². The fourth-order valence-corrected chi connectivity index (χ4v) is 2.61. The smallest absolute Gasteiger partial charge is 0.315 e. The molecule has 2 aromatic rings. The Kier molecular flexibility index (Phi) is 6.71. The van der Waals surface area contributed by atoms with E-state index in [1.165, 1.54) is 6.07 Å². The van der Waals surface area contributed by atoms with Crippen molar-refractivity contribution < 1.29 is 19.5 Å². The monoisotopic (exact) mass is 368 g/mol. The zero-order chi connectivity index (χ0) is 19.9. The molecular weight excluding hydrogens is 344 g/mol. The van der Waals surface area contributed by atoms with E-state index < -0.39 is 17.3 Å². The molecule has 2 rings (SSSR count). The molecule has 0 bridgehead atoms. The van der Waals surface area contributed by atoms with Crippen LogP contribution in [0.3, 0.4) is 0 Å². The molecular formula is C21H24N2O4. The summed E-state index contributed by atoms with van der Waals surface area (Å²) in [6.07, 6.45) is 0.819. The summed E-state index contributed by atoms with van der Waals surface area (Å²) in [6, 6.07) is 15.1. The van der Waals surface area contributed by atoms with Gasteiger partial charge in [0.2, 0.25) is 0 Å². The van der Waals surface area contributed by atoms with Gasteiger partial charge in [-0.05, 0) is 37.1 Å². The highest BCUT2D eigenvalue weighted by Crippen LogP contribution is 2.23. The van der Waals surface area contributed by atoms with Crippen LogP contribution in [-0.2, 0) is 10.2 Å². The molecule has 0 aliphatic rings. The molecule has 1 unspecified atom stereocenters. The van der Waals surface area contributed by atoms with Gasteiger partial charge in [-0.1, -0.05) is 43.3 Å². The average molecular weight is 368 g/mol. The molecule has 6 heteroatoms. The van der Waals surface area contributed by atoms with Gasteiger partial charge in [-0.15, -0.1) is 0 Å². The maximum atomic E-state index is 12.5. The van der Waals surface area contributed by atoms with Crippen molar-refractivity contribution in [3.63, 3.8) is 0 Å². The number of hydrogen-bond acceptors (Lipinski definition) is 3. The van der Waals surface area contributed by atoms with Gasteiger partial charge in [0.15, 0.2) is 0 Å². The lowest BCUT2D eigenvalue weighted by atomic mass is 9.82. The van der Waals surface area contributed by atoms with Crippen LogP contribution in [0.5, 0.6) is 0 Å². The molecule has 27 heavy (non-hydrogen) atoms. The average Bonchev–Trinajstić information content (AvgIpc) is 2.70. The van der Waals surface area contributed by atoms with Gasteiger partial charge in [-0.3, -0.25) is 14.4 Å². The standard InChI is InChI=1S/C21H24N2O4/c1-3-12-22-18(24)15-8-7-9-16(13-15)19(25)23-14-21(2,20(26)27)17-10-5-4-6-11-17/h4-11,13H,3,12,14H2,1-2H3,(H,22,24)(H,23,25)(H,26,27). The molecule has 0 saturated heterocycles. The topological polar surface area (TPSA) is 95.5 Å². The second-order valence-electron chi connectivity index (χ2n) is 6.52. The van der Waals surface area contributed by atoms with Crippen LogP contribution < -0.4 is 10.6 Å². The van der Waals surface area contributed by atoms with Crippen LogP contribution in [0.2, 0.25) is 0 Å². The van der Waals surface area contributed by atoms with Crippen molar-refractivity contribution in [3.05, 3.63) is 71.3 Å². The molecule has 1 atom stereocenters. The van der Waals surface area contributed by atoms with Gasteiger partial charge in [0.1, 0.15) is 5.41 Å². The summed E-state index contributed by atoms with van der Waals surface area (Å²) in [6.45, 7) is 4.01. The van der Waals surface area contributed by atoms with E-state index in [1.54, 1.807) is 55.5 Å². The third-order valence-electron chi connectivity index (χ3n) is 4.41. The van der Waals surface area contributed by atoms with Crippen LogP contribution in [0, 0.1) is 0 Å². The molecule has 0 aliphatic heterocycles. The first-order valence-electron chi connectivity index (χ1n) is 8.84. The van der Waals surface area contributed by atoms with Crippen molar-refractivity contribution in [1.29, 1.82) is 0 Å². The van der Waals surface area contributed by atoms with Crippen LogP contribution in [0.15, 0.2) is 54.6 Å². The van der Waals surface area contributed by atoms with Gasteiger partial charge in [0.25, 0.3) is 11.8 Å². The Labute approximate surface area is 158 Å². The number of hydrogen-bond donors (Lipinski definition) is 3. The fraction of sp³-hybridized carbons (Fsp3) is 0.286. The molecule has 3 N–H and O–H groups in total. The molecule has 6 nitrogen and oxygen atoms in total.